The molecule has 1 aromatic heterocycles. The number of aryl methyl sites for hydroxylation is 2. The lowest BCUT2D eigenvalue weighted by Crippen LogP contribution is -2.53. The van der Waals surface area contributed by atoms with Crippen molar-refractivity contribution in [3.05, 3.63) is 59.0 Å². The Hall–Kier alpha value is -2.60. The number of carbonyl (C=O) groups is 2. The number of rotatable bonds is 4. The standard InChI is InChI=1S/C24H31N3O3/c1-18-17-21(19(2)30-18)23(28)27-15-13-25(14-16-27)22(20-9-5-3-6-10-20)24(29)26-11-7-4-8-12-26/h3,5-6,9-10,17,22H,4,7-8,11-16H2,1-2H3. The molecule has 0 spiro atoms. The van der Waals surface area contributed by atoms with Crippen LogP contribution in [0.4, 0.5) is 0 Å². The summed E-state index contributed by atoms with van der Waals surface area (Å²) in [5, 5.41) is 0. The summed E-state index contributed by atoms with van der Waals surface area (Å²) in [7, 11) is 0. The molecule has 2 saturated heterocycles. The highest BCUT2D eigenvalue weighted by Gasteiger charge is 2.35. The summed E-state index contributed by atoms with van der Waals surface area (Å²) < 4.78 is 5.53. The Morgan fingerprint density at radius 1 is 0.867 bits per heavy atom. The van der Waals surface area contributed by atoms with Gasteiger partial charge in [0.1, 0.15) is 17.6 Å². The van der Waals surface area contributed by atoms with Crippen LogP contribution < -0.4 is 0 Å². The quantitative estimate of drug-likeness (QED) is 0.777. The first kappa shape index (κ1) is 20.7. The lowest BCUT2D eigenvalue weighted by atomic mass is 10.0. The number of benzene rings is 1. The minimum Gasteiger partial charge on any atom is -0.466 e. The maximum atomic E-state index is 13.5. The number of nitrogens with zero attached hydrogens (tertiary/aromatic N) is 3. The molecule has 6 nitrogen and oxygen atoms in total. The molecular weight excluding hydrogens is 378 g/mol. The van der Waals surface area contributed by atoms with Gasteiger partial charge in [-0.05, 0) is 44.7 Å². The van der Waals surface area contributed by atoms with Crippen LogP contribution in [0.5, 0.6) is 0 Å². The molecule has 2 fully saturated rings. The zero-order chi connectivity index (χ0) is 21.1. The summed E-state index contributed by atoms with van der Waals surface area (Å²) >= 11 is 0. The zero-order valence-electron chi connectivity index (χ0n) is 18.0. The first-order valence-corrected chi connectivity index (χ1v) is 11.0. The fraction of sp³-hybridized carbons (Fsp3) is 0.500. The summed E-state index contributed by atoms with van der Waals surface area (Å²) in [5.74, 6) is 1.64. The number of piperidine rings is 1. The van der Waals surface area contributed by atoms with Gasteiger partial charge in [0.05, 0.1) is 5.56 Å². The number of furan rings is 1. The second kappa shape index (κ2) is 9.04. The summed E-state index contributed by atoms with van der Waals surface area (Å²) in [4.78, 5) is 32.5. The summed E-state index contributed by atoms with van der Waals surface area (Å²) in [5.41, 5.74) is 1.68. The molecule has 1 aromatic carbocycles. The van der Waals surface area contributed by atoms with Crippen LogP contribution >= 0.6 is 0 Å². The fourth-order valence-corrected chi connectivity index (χ4v) is 4.63. The van der Waals surface area contributed by atoms with Crippen molar-refractivity contribution in [2.75, 3.05) is 39.3 Å². The van der Waals surface area contributed by atoms with Crippen molar-refractivity contribution in [2.45, 2.75) is 39.2 Å². The first-order valence-electron chi connectivity index (χ1n) is 11.0. The maximum absolute atomic E-state index is 13.5. The van der Waals surface area contributed by atoms with Crippen molar-refractivity contribution < 1.29 is 14.0 Å². The van der Waals surface area contributed by atoms with E-state index in [-0.39, 0.29) is 17.9 Å². The van der Waals surface area contributed by atoms with Crippen LogP contribution in [0.15, 0.2) is 40.8 Å². The van der Waals surface area contributed by atoms with Crippen LogP contribution in [0, 0.1) is 13.8 Å². The Bertz CT molecular complexity index is 878. The maximum Gasteiger partial charge on any atom is 0.257 e. The Kier molecular flexibility index (Phi) is 6.23. The normalized spacial score (nSPS) is 19.0. The van der Waals surface area contributed by atoms with Crippen LogP contribution in [0.3, 0.4) is 0 Å². The highest BCUT2D eigenvalue weighted by atomic mass is 16.3. The topological polar surface area (TPSA) is 57.0 Å². The number of hydrogen-bond donors (Lipinski definition) is 0. The van der Waals surface area contributed by atoms with E-state index < -0.39 is 0 Å². The average Bonchev–Trinajstić information content (AvgIpc) is 3.13. The molecule has 0 radical (unpaired) electrons. The molecular formula is C24H31N3O3. The van der Waals surface area contributed by atoms with Crippen LogP contribution in [0.1, 0.15) is 52.7 Å². The molecule has 0 aliphatic carbocycles. The Balaban J connectivity index is 1.48. The molecule has 4 rings (SSSR count). The van der Waals surface area contributed by atoms with E-state index in [4.69, 9.17) is 4.42 Å². The first-order chi connectivity index (χ1) is 14.5. The lowest BCUT2D eigenvalue weighted by molar-refractivity contribution is -0.138. The van der Waals surface area contributed by atoms with Crippen LogP contribution in [-0.2, 0) is 4.79 Å². The zero-order valence-corrected chi connectivity index (χ0v) is 18.0. The third-order valence-electron chi connectivity index (χ3n) is 6.25. The number of likely N-dealkylation sites (tertiary alicyclic amines) is 1. The minimum atomic E-state index is -0.278. The predicted octanol–water partition coefficient (Wildman–Crippen LogP) is 3.41. The van der Waals surface area contributed by atoms with Gasteiger partial charge in [-0.15, -0.1) is 0 Å². The van der Waals surface area contributed by atoms with Crippen molar-refractivity contribution in [3.8, 4) is 0 Å². The fourth-order valence-electron chi connectivity index (χ4n) is 4.63. The van der Waals surface area contributed by atoms with Crippen molar-refractivity contribution in [1.82, 2.24) is 14.7 Å². The molecule has 3 heterocycles. The predicted molar refractivity (Wildman–Crippen MR) is 115 cm³/mol. The van der Waals surface area contributed by atoms with E-state index in [0.717, 1.165) is 37.3 Å². The van der Waals surface area contributed by atoms with E-state index in [1.807, 2.05) is 60.0 Å². The molecule has 1 atom stereocenters. The van der Waals surface area contributed by atoms with Crippen molar-refractivity contribution in [3.63, 3.8) is 0 Å². The lowest BCUT2D eigenvalue weighted by Gasteiger charge is -2.41. The van der Waals surface area contributed by atoms with Crippen molar-refractivity contribution in [1.29, 1.82) is 0 Å². The van der Waals surface area contributed by atoms with Crippen LogP contribution in [0.2, 0.25) is 0 Å². The summed E-state index contributed by atoms with van der Waals surface area (Å²) in [6, 6.07) is 11.6. The highest BCUT2D eigenvalue weighted by Crippen LogP contribution is 2.27. The smallest absolute Gasteiger partial charge is 0.257 e. The van der Waals surface area contributed by atoms with Gasteiger partial charge >= 0.3 is 0 Å². The van der Waals surface area contributed by atoms with Gasteiger partial charge in [-0.1, -0.05) is 30.3 Å². The Morgan fingerprint density at radius 2 is 1.53 bits per heavy atom. The van der Waals surface area contributed by atoms with Crippen molar-refractivity contribution in [2.24, 2.45) is 0 Å². The molecule has 0 bridgehead atoms. The van der Waals surface area contributed by atoms with Gasteiger partial charge in [-0.3, -0.25) is 14.5 Å². The molecule has 2 amide bonds. The van der Waals surface area contributed by atoms with E-state index in [1.165, 1.54) is 6.42 Å². The average molecular weight is 410 g/mol. The number of hydrogen-bond acceptors (Lipinski definition) is 4. The van der Waals surface area contributed by atoms with E-state index >= 15 is 0 Å². The van der Waals surface area contributed by atoms with Crippen molar-refractivity contribution >= 4 is 11.8 Å². The Morgan fingerprint density at radius 3 is 2.13 bits per heavy atom. The molecule has 2 aliphatic heterocycles. The van der Waals surface area contributed by atoms with E-state index in [2.05, 4.69) is 4.90 Å². The van der Waals surface area contributed by atoms with E-state index in [9.17, 15) is 9.59 Å². The number of piperazine rings is 1. The molecule has 0 N–H and O–H groups in total. The van der Waals surface area contributed by atoms with Crippen LogP contribution in [-0.4, -0.2) is 65.8 Å². The molecule has 30 heavy (non-hydrogen) atoms. The van der Waals surface area contributed by atoms with Gasteiger partial charge in [0.25, 0.3) is 5.91 Å². The molecule has 2 aliphatic rings. The number of carbonyl (C=O) groups excluding carboxylic acids is 2. The number of amides is 2. The van der Waals surface area contributed by atoms with Gasteiger partial charge in [-0.25, -0.2) is 0 Å². The minimum absolute atomic E-state index is 0.0163. The molecule has 6 heteroatoms. The molecule has 0 saturated carbocycles. The summed E-state index contributed by atoms with van der Waals surface area (Å²) in [6.45, 7) is 7.97. The van der Waals surface area contributed by atoms with E-state index in [1.54, 1.807) is 0 Å². The van der Waals surface area contributed by atoms with Gasteiger partial charge in [-0.2, -0.15) is 0 Å². The molecule has 2 aromatic rings. The molecule has 1 unspecified atom stereocenters. The second-order valence-corrected chi connectivity index (χ2v) is 8.35. The van der Waals surface area contributed by atoms with Crippen LogP contribution in [0.25, 0.3) is 0 Å². The Labute approximate surface area is 178 Å². The summed E-state index contributed by atoms with van der Waals surface area (Å²) in [6.07, 6.45) is 3.37. The van der Waals surface area contributed by atoms with E-state index in [0.29, 0.717) is 37.5 Å². The highest BCUT2D eigenvalue weighted by molar-refractivity contribution is 5.95. The monoisotopic (exact) mass is 409 g/mol. The van der Waals surface area contributed by atoms with Gasteiger partial charge in [0.15, 0.2) is 0 Å². The second-order valence-electron chi connectivity index (χ2n) is 8.35. The largest absolute Gasteiger partial charge is 0.466 e. The van der Waals surface area contributed by atoms with Gasteiger partial charge in [0.2, 0.25) is 5.91 Å². The van der Waals surface area contributed by atoms with Gasteiger partial charge < -0.3 is 14.2 Å². The van der Waals surface area contributed by atoms with Gasteiger partial charge in [0, 0.05) is 39.3 Å². The molecule has 160 valence electrons. The SMILES string of the molecule is Cc1cc(C(=O)N2CCN(C(C(=O)N3CCCCC3)c3ccccc3)CC2)c(C)o1. The third kappa shape index (κ3) is 4.29. The third-order valence-corrected chi connectivity index (χ3v) is 6.25.